The SMILES string of the molecule is CC[Si](CC)(OCc1c(Cl)cc(Cl)cc1Cl)OCc1c(Cl)cc(Cl)cc1Cl. The van der Waals surface area contributed by atoms with Crippen molar-refractivity contribution in [1.29, 1.82) is 0 Å². The Morgan fingerprint density at radius 3 is 1.19 bits per heavy atom. The van der Waals surface area contributed by atoms with Crippen LogP contribution in [0.3, 0.4) is 0 Å². The quantitative estimate of drug-likeness (QED) is 0.333. The number of hydrogen-bond acceptors (Lipinski definition) is 2. The van der Waals surface area contributed by atoms with Crippen LogP contribution < -0.4 is 0 Å². The smallest absolute Gasteiger partial charge is 0.338 e. The molecule has 0 saturated heterocycles. The highest BCUT2D eigenvalue weighted by atomic mass is 35.5. The minimum absolute atomic E-state index is 0.241. The molecule has 0 aromatic heterocycles. The van der Waals surface area contributed by atoms with E-state index >= 15 is 0 Å². The summed E-state index contributed by atoms with van der Waals surface area (Å²) in [7, 11) is -2.53. The van der Waals surface area contributed by atoms with Crippen molar-refractivity contribution in [3.05, 3.63) is 65.5 Å². The molecular weight excluding hydrogens is 489 g/mol. The predicted octanol–water partition coefficient (Wildman–Crippen LogP) is 8.82. The average molecular weight is 507 g/mol. The van der Waals surface area contributed by atoms with Gasteiger partial charge in [0.05, 0.1) is 13.2 Å². The molecule has 148 valence electrons. The highest BCUT2D eigenvalue weighted by Crippen LogP contribution is 2.34. The summed E-state index contributed by atoms with van der Waals surface area (Å²) in [6, 6.07) is 8.06. The Morgan fingerprint density at radius 2 is 0.926 bits per heavy atom. The van der Waals surface area contributed by atoms with Gasteiger partial charge >= 0.3 is 8.56 Å². The lowest BCUT2D eigenvalue weighted by Crippen LogP contribution is -2.40. The van der Waals surface area contributed by atoms with Crippen molar-refractivity contribution >= 4 is 78.2 Å². The number of rotatable bonds is 8. The van der Waals surface area contributed by atoms with Gasteiger partial charge in [0.15, 0.2) is 0 Å². The molecule has 0 radical (unpaired) electrons. The fourth-order valence-electron chi connectivity index (χ4n) is 2.53. The van der Waals surface area contributed by atoms with Crippen LogP contribution in [0.4, 0.5) is 0 Å². The van der Waals surface area contributed by atoms with Gasteiger partial charge in [-0.2, -0.15) is 0 Å². The summed E-state index contributed by atoms with van der Waals surface area (Å²) in [6.07, 6.45) is 0. The third-order valence-electron chi connectivity index (χ3n) is 4.25. The molecule has 2 aromatic rings. The first-order chi connectivity index (χ1) is 12.7. The van der Waals surface area contributed by atoms with Crippen molar-refractivity contribution in [3.63, 3.8) is 0 Å². The minimum Gasteiger partial charge on any atom is -0.390 e. The van der Waals surface area contributed by atoms with Crippen LogP contribution in [0.5, 0.6) is 0 Å². The van der Waals surface area contributed by atoms with E-state index in [1.165, 1.54) is 0 Å². The van der Waals surface area contributed by atoms with Gasteiger partial charge in [-0.15, -0.1) is 0 Å². The third kappa shape index (κ3) is 6.15. The Balaban J connectivity index is 2.16. The van der Waals surface area contributed by atoms with E-state index in [-0.39, 0.29) is 13.2 Å². The van der Waals surface area contributed by atoms with Crippen LogP contribution in [-0.4, -0.2) is 8.56 Å². The molecule has 0 aliphatic rings. The molecular formula is C18H18Cl6O2Si. The molecule has 0 aliphatic carbocycles. The maximum atomic E-state index is 6.26. The molecule has 0 fully saturated rings. The highest BCUT2D eigenvalue weighted by molar-refractivity contribution is 6.67. The molecule has 2 rings (SSSR count). The largest absolute Gasteiger partial charge is 0.390 e. The molecule has 0 spiro atoms. The third-order valence-corrected chi connectivity index (χ3v) is 9.53. The maximum absolute atomic E-state index is 6.26. The van der Waals surface area contributed by atoms with Crippen molar-refractivity contribution in [1.82, 2.24) is 0 Å². The molecule has 0 saturated carbocycles. The van der Waals surface area contributed by atoms with Crippen LogP contribution >= 0.6 is 69.6 Å². The lowest BCUT2D eigenvalue weighted by atomic mass is 10.2. The molecule has 2 nitrogen and oxygen atoms in total. The number of benzene rings is 2. The average Bonchev–Trinajstić information content (AvgIpc) is 2.58. The Kier molecular flexibility index (Phi) is 9.07. The van der Waals surface area contributed by atoms with Gasteiger partial charge in [0.25, 0.3) is 0 Å². The van der Waals surface area contributed by atoms with Crippen LogP contribution in [0.2, 0.25) is 42.2 Å². The first-order valence-electron chi connectivity index (χ1n) is 8.26. The Labute approximate surface area is 190 Å². The lowest BCUT2D eigenvalue weighted by Gasteiger charge is -2.29. The zero-order valence-electron chi connectivity index (χ0n) is 14.7. The molecule has 2 aromatic carbocycles. The second-order valence-corrected chi connectivity index (χ2v) is 12.2. The molecule has 0 N–H and O–H groups in total. The molecule has 0 aliphatic heterocycles. The number of hydrogen-bond donors (Lipinski definition) is 0. The van der Waals surface area contributed by atoms with Crippen LogP contribution in [-0.2, 0) is 22.1 Å². The summed E-state index contributed by atoms with van der Waals surface area (Å²) in [5.41, 5.74) is 1.38. The summed E-state index contributed by atoms with van der Waals surface area (Å²) >= 11 is 37.0. The first kappa shape index (κ1) is 23.6. The van der Waals surface area contributed by atoms with E-state index in [9.17, 15) is 0 Å². The topological polar surface area (TPSA) is 18.5 Å². The second kappa shape index (κ2) is 10.4. The van der Waals surface area contributed by atoms with Crippen molar-refractivity contribution in [3.8, 4) is 0 Å². The molecule has 0 heterocycles. The van der Waals surface area contributed by atoms with Gasteiger partial charge in [0, 0.05) is 41.3 Å². The van der Waals surface area contributed by atoms with Gasteiger partial charge in [-0.05, 0) is 36.4 Å². The van der Waals surface area contributed by atoms with Crippen molar-refractivity contribution in [2.24, 2.45) is 0 Å². The maximum Gasteiger partial charge on any atom is 0.338 e. The molecule has 9 heteroatoms. The molecule has 0 amide bonds. The first-order valence-corrected chi connectivity index (χ1v) is 12.8. The van der Waals surface area contributed by atoms with E-state index in [0.717, 1.165) is 12.1 Å². The van der Waals surface area contributed by atoms with E-state index in [2.05, 4.69) is 0 Å². The van der Waals surface area contributed by atoms with Crippen LogP contribution in [0, 0.1) is 0 Å². The standard InChI is InChI=1S/C18H18Cl6O2Si/c1-3-27(4-2,25-9-13-15(21)5-11(19)6-16(13)22)26-10-14-17(23)7-12(20)8-18(14)24/h5-8H,3-4,9-10H2,1-2H3. The minimum atomic E-state index is -2.53. The van der Waals surface area contributed by atoms with Crippen molar-refractivity contribution in [2.45, 2.75) is 39.1 Å². The van der Waals surface area contributed by atoms with Gasteiger partial charge in [-0.1, -0.05) is 83.5 Å². The van der Waals surface area contributed by atoms with E-state index in [1.807, 2.05) is 13.8 Å². The second-order valence-electron chi connectivity index (χ2n) is 5.89. The number of halogens is 6. The zero-order valence-corrected chi connectivity index (χ0v) is 20.3. The van der Waals surface area contributed by atoms with Gasteiger partial charge in [-0.3, -0.25) is 0 Å². The van der Waals surface area contributed by atoms with Crippen LogP contribution in [0.25, 0.3) is 0 Å². The van der Waals surface area contributed by atoms with Gasteiger partial charge in [-0.25, -0.2) is 0 Å². The van der Waals surface area contributed by atoms with Gasteiger partial charge < -0.3 is 8.85 Å². The predicted molar refractivity (Wildman–Crippen MR) is 119 cm³/mol. The van der Waals surface area contributed by atoms with Crippen molar-refractivity contribution in [2.75, 3.05) is 0 Å². The van der Waals surface area contributed by atoms with Gasteiger partial charge in [0.1, 0.15) is 0 Å². The highest BCUT2D eigenvalue weighted by Gasteiger charge is 2.34. The van der Waals surface area contributed by atoms with Crippen LogP contribution in [0.1, 0.15) is 25.0 Å². The normalized spacial score (nSPS) is 11.9. The monoisotopic (exact) mass is 504 g/mol. The van der Waals surface area contributed by atoms with E-state index in [0.29, 0.717) is 41.3 Å². The molecule has 0 bridgehead atoms. The van der Waals surface area contributed by atoms with E-state index in [4.69, 9.17) is 78.5 Å². The summed E-state index contributed by atoms with van der Waals surface area (Å²) in [5, 5.41) is 2.81. The summed E-state index contributed by atoms with van der Waals surface area (Å²) in [5.74, 6) is 0. The molecule has 0 atom stereocenters. The van der Waals surface area contributed by atoms with E-state index in [1.54, 1.807) is 24.3 Å². The lowest BCUT2D eigenvalue weighted by molar-refractivity contribution is 0.154. The van der Waals surface area contributed by atoms with Gasteiger partial charge in [0.2, 0.25) is 0 Å². The molecule has 27 heavy (non-hydrogen) atoms. The Hall–Kier alpha value is 0.317. The summed E-state index contributed by atoms with van der Waals surface area (Å²) in [6.45, 7) is 4.55. The summed E-state index contributed by atoms with van der Waals surface area (Å²) < 4.78 is 12.5. The zero-order chi connectivity index (χ0) is 20.2. The van der Waals surface area contributed by atoms with Crippen molar-refractivity contribution < 1.29 is 8.85 Å². The molecule has 0 unspecified atom stereocenters. The summed E-state index contributed by atoms with van der Waals surface area (Å²) in [4.78, 5) is 0. The van der Waals surface area contributed by atoms with Crippen LogP contribution in [0.15, 0.2) is 24.3 Å². The fraction of sp³-hybridized carbons (Fsp3) is 0.333. The van der Waals surface area contributed by atoms with E-state index < -0.39 is 8.56 Å². The Bertz CT molecular complexity index is 701. The Morgan fingerprint density at radius 1 is 0.630 bits per heavy atom. The fourth-order valence-corrected chi connectivity index (χ4v) is 6.59.